The van der Waals surface area contributed by atoms with Crippen molar-refractivity contribution in [3.8, 4) is 17.1 Å². The molecule has 4 aromatic carbocycles. The average Bonchev–Trinajstić information content (AvgIpc) is 3.67. The fourth-order valence-electron chi connectivity index (χ4n) is 5.09. The minimum atomic E-state index is 0.119. The quantitative estimate of drug-likeness (QED) is 0.167. The van der Waals surface area contributed by atoms with Crippen molar-refractivity contribution in [1.29, 1.82) is 0 Å². The summed E-state index contributed by atoms with van der Waals surface area (Å²) in [6.07, 6.45) is 0.895. The molecule has 6 aromatic rings. The van der Waals surface area contributed by atoms with Gasteiger partial charge >= 0.3 is 0 Å². The summed E-state index contributed by atoms with van der Waals surface area (Å²) in [6, 6.07) is 35.2. The zero-order chi connectivity index (χ0) is 28.3. The predicted octanol–water partition coefficient (Wildman–Crippen LogP) is 7.51. The van der Waals surface area contributed by atoms with Crippen molar-refractivity contribution in [3.05, 3.63) is 120 Å². The van der Waals surface area contributed by atoms with E-state index in [0.29, 0.717) is 17.5 Å². The van der Waals surface area contributed by atoms with Crippen molar-refractivity contribution in [2.75, 3.05) is 12.3 Å². The lowest BCUT2D eigenvalue weighted by atomic mass is 10.00. The van der Waals surface area contributed by atoms with Crippen LogP contribution in [0.1, 0.15) is 16.7 Å². The average molecular weight is 606 g/mol. The molecule has 7 rings (SSSR count). The largest absolute Gasteiger partial charge is 0.337 e. The summed E-state index contributed by atoms with van der Waals surface area (Å²) in [6.45, 7) is 1.41. The van der Waals surface area contributed by atoms with Gasteiger partial charge in [0.25, 0.3) is 0 Å². The highest BCUT2D eigenvalue weighted by Crippen LogP contribution is 2.33. The maximum Gasteiger partial charge on any atom is 0.233 e. The van der Waals surface area contributed by atoms with Crippen LogP contribution in [0, 0.1) is 0 Å². The van der Waals surface area contributed by atoms with Crippen molar-refractivity contribution in [1.82, 2.24) is 24.6 Å². The lowest BCUT2D eigenvalue weighted by molar-refractivity contribution is -0.129. The molecule has 0 aliphatic carbocycles. The molecule has 42 heavy (non-hydrogen) atoms. The van der Waals surface area contributed by atoms with Crippen LogP contribution < -0.4 is 0 Å². The van der Waals surface area contributed by atoms with Gasteiger partial charge in [-0.15, -0.1) is 21.5 Å². The number of aromatic nitrogens is 4. The second kappa shape index (κ2) is 12.1. The monoisotopic (exact) mass is 605 g/mol. The van der Waals surface area contributed by atoms with Crippen LogP contribution in [0.15, 0.2) is 113 Å². The van der Waals surface area contributed by atoms with E-state index in [-0.39, 0.29) is 5.91 Å². The SMILES string of the molecule is O=C(CSc1nnc(-c2ccc(CSc3nc4ccccc4s3)cc2)n1-c1ccccc1)N1CCc2ccccc2C1. The third kappa shape index (κ3) is 5.72. The summed E-state index contributed by atoms with van der Waals surface area (Å²) in [7, 11) is 0. The molecule has 0 fully saturated rings. The molecule has 0 N–H and O–H groups in total. The van der Waals surface area contributed by atoms with Crippen LogP contribution in [0.2, 0.25) is 0 Å². The number of rotatable bonds is 8. The van der Waals surface area contributed by atoms with Crippen LogP contribution >= 0.6 is 34.9 Å². The summed E-state index contributed by atoms with van der Waals surface area (Å²) in [5.74, 6) is 2.03. The first kappa shape index (κ1) is 26.9. The summed E-state index contributed by atoms with van der Waals surface area (Å²) in [5, 5.41) is 9.83. The summed E-state index contributed by atoms with van der Waals surface area (Å²) < 4.78 is 4.34. The van der Waals surface area contributed by atoms with E-state index >= 15 is 0 Å². The second-order valence-corrected chi connectivity index (χ2v) is 13.2. The van der Waals surface area contributed by atoms with Gasteiger partial charge < -0.3 is 4.90 Å². The minimum Gasteiger partial charge on any atom is -0.337 e. The van der Waals surface area contributed by atoms with Gasteiger partial charge in [-0.25, -0.2) is 4.98 Å². The van der Waals surface area contributed by atoms with Crippen LogP contribution in [0.25, 0.3) is 27.3 Å². The van der Waals surface area contributed by atoms with Gasteiger partial charge in [-0.1, -0.05) is 102 Å². The van der Waals surface area contributed by atoms with Gasteiger partial charge in [-0.2, -0.15) is 0 Å². The lowest BCUT2D eigenvalue weighted by Crippen LogP contribution is -2.37. The molecule has 0 bridgehead atoms. The Hall–Kier alpha value is -3.92. The van der Waals surface area contributed by atoms with E-state index in [4.69, 9.17) is 4.98 Å². The van der Waals surface area contributed by atoms with Gasteiger partial charge in [0, 0.05) is 30.1 Å². The van der Waals surface area contributed by atoms with Crippen LogP contribution in [-0.4, -0.2) is 42.9 Å². The molecule has 208 valence electrons. The number of benzene rings is 4. The Kier molecular flexibility index (Phi) is 7.78. The zero-order valence-corrected chi connectivity index (χ0v) is 25.2. The van der Waals surface area contributed by atoms with Crippen molar-refractivity contribution >= 4 is 51.0 Å². The maximum absolute atomic E-state index is 13.2. The second-order valence-electron chi connectivity index (χ2n) is 10.0. The number of hydrogen-bond donors (Lipinski definition) is 0. The molecule has 9 heteroatoms. The number of carbonyl (C=O) groups is 1. The minimum absolute atomic E-state index is 0.119. The fourth-order valence-corrected chi connectivity index (χ4v) is 7.97. The Bertz CT molecular complexity index is 1820. The van der Waals surface area contributed by atoms with Gasteiger partial charge in [-0.05, 0) is 47.4 Å². The third-order valence-corrected chi connectivity index (χ3v) is 10.5. The van der Waals surface area contributed by atoms with E-state index in [1.807, 2.05) is 51.9 Å². The van der Waals surface area contributed by atoms with E-state index < -0.39 is 0 Å². The Morgan fingerprint density at radius 2 is 1.57 bits per heavy atom. The van der Waals surface area contributed by atoms with Crippen LogP contribution in [0.4, 0.5) is 0 Å². The van der Waals surface area contributed by atoms with E-state index in [0.717, 1.165) is 45.7 Å². The van der Waals surface area contributed by atoms with Crippen molar-refractivity contribution in [2.45, 2.75) is 28.2 Å². The Labute approximate surface area is 256 Å². The standard InChI is InChI=1S/C33H27N5OS3/c39-30(37-19-18-24-8-4-5-9-26(24)20-37)22-40-32-36-35-31(38(32)27-10-2-1-3-11-27)25-16-14-23(15-17-25)21-41-33-34-28-12-6-7-13-29(28)42-33/h1-17H,18-22H2. The molecule has 1 amide bonds. The van der Waals surface area contributed by atoms with Gasteiger partial charge in [0.1, 0.15) is 0 Å². The number of nitrogens with zero attached hydrogens (tertiary/aromatic N) is 5. The number of para-hydroxylation sites is 2. The highest BCUT2D eigenvalue weighted by Gasteiger charge is 2.22. The number of thiazole rings is 1. The third-order valence-electron chi connectivity index (χ3n) is 7.30. The smallest absolute Gasteiger partial charge is 0.233 e. The topological polar surface area (TPSA) is 63.9 Å². The first-order chi connectivity index (χ1) is 20.7. The first-order valence-electron chi connectivity index (χ1n) is 13.8. The van der Waals surface area contributed by atoms with Crippen LogP contribution in [-0.2, 0) is 23.5 Å². The molecular formula is C33H27N5OS3. The van der Waals surface area contributed by atoms with E-state index in [1.165, 1.54) is 33.2 Å². The molecule has 0 radical (unpaired) electrons. The van der Waals surface area contributed by atoms with E-state index in [1.54, 1.807) is 23.1 Å². The fraction of sp³-hybridized carbons (Fsp3) is 0.152. The van der Waals surface area contributed by atoms with E-state index in [2.05, 4.69) is 70.9 Å². The highest BCUT2D eigenvalue weighted by molar-refractivity contribution is 8.00. The molecule has 0 saturated carbocycles. The van der Waals surface area contributed by atoms with E-state index in [9.17, 15) is 4.79 Å². The van der Waals surface area contributed by atoms with Crippen LogP contribution in [0.3, 0.4) is 0 Å². The Morgan fingerprint density at radius 3 is 2.40 bits per heavy atom. The molecule has 3 heterocycles. The van der Waals surface area contributed by atoms with Crippen LogP contribution in [0.5, 0.6) is 0 Å². The predicted molar refractivity (Wildman–Crippen MR) is 172 cm³/mol. The first-order valence-corrected chi connectivity index (χ1v) is 16.6. The summed E-state index contributed by atoms with van der Waals surface area (Å²) in [4.78, 5) is 19.9. The molecule has 0 saturated heterocycles. The number of hydrogen-bond acceptors (Lipinski definition) is 7. The molecule has 2 aromatic heterocycles. The molecule has 1 aliphatic heterocycles. The van der Waals surface area contributed by atoms with Crippen molar-refractivity contribution in [2.24, 2.45) is 0 Å². The van der Waals surface area contributed by atoms with Crippen molar-refractivity contribution in [3.63, 3.8) is 0 Å². The summed E-state index contributed by atoms with van der Waals surface area (Å²) in [5.41, 5.74) is 6.79. The molecule has 6 nitrogen and oxygen atoms in total. The Morgan fingerprint density at radius 1 is 0.810 bits per heavy atom. The number of fused-ring (bicyclic) bond motifs is 2. The zero-order valence-electron chi connectivity index (χ0n) is 22.7. The van der Waals surface area contributed by atoms with Gasteiger partial charge in [0.2, 0.25) is 5.91 Å². The molecule has 1 aliphatic rings. The number of amides is 1. The van der Waals surface area contributed by atoms with Gasteiger partial charge in [-0.3, -0.25) is 9.36 Å². The molecular weight excluding hydrogens is 579 g/mol. The molecule has 0 atom stereocenters. The highest BCUT2D eigenvalue weighted by atomic mass is 32.2. The van der Waals surface area contributed by atoms with Gasteiger partial charge in [0.15, 0.2) is 15.3 Å². The molecule has 0 unspecified atom stereocenters. The number of carbonyl (C=O) groups excluding carboxylic acids is 1. The lowest BCUT2D eigenvalue weighted by Gasteiger charge is -2.28. The maximum atomic E-state index is 13.2. The summed E-state index contributed by atoms with van der Waals surface area (Å²) >= 11 is 4.93. The Balaban J connectivity index is 1.07. The molecule has 0 spiro atoms. The van der Waals surface area contributed by atoms with Crippen molar-refractivity contribution < 1.29 is 4.79 Å². The van der Waals surface area contributed by atoms with Gasteiger partial charge in [0.05, 0.1) is 16.0 Å². The normalized spacial score (nSPS) is 12.9. The number of thioether (sulfide) groups is 2.